The fourth-order valence-electron chi connectivity index (χ4n) is 2.01. The van der Waals surface area contributed by atoms with Gasteiger partial charge in [-0.25, -0.2) is 0 Å². The van der Waals surface area contributed by atoms with Crippen molar-refractivity contribution in [2.24, 2.45) is 0 Å². The maximum atomic E-state index is 9.31. The van der Waals surface area contributed by atoms with Gasteiger partial charge in [0.15, 0.2) is 0 Å². The lowest BCUT2D eigenvalue weighted by Gasteiger charge is -2.25. The van der Waals surface area contributed by atoms with Gasteiger partial charge < -0.3 is 15.2 Å². The van der Waals surface area contributed by atoms with E-state index in [9.17, 15) is 5.11 Å². The number of benzene rings is 1. The first-order valence-corrected chi connectivity index (χ1v) is 7.97. The summed E-state index contributed by atoms with van der Waals surface area (Å²) in [6.07, 6.45) is 7.17. The van der Waals surface area contributed by atoms with Crippen LogP contribution in [-0.2, 0) is 0 Å². The van der Waals surface area contributed by atoms with Crippen molar-refractivity contribution in [3.8, 4) is 18.1 Å². The molecule has 1 aromatic rings. The van der Waals surface area contributed by atoms with Crippen LogP contribution in [0, 0.1) is 12.3 Å². The molecule has 3 unspecified atom stereocenters. The van der Waals surface area contributed by atoms with E-state index in [0.717, 1.165) is 5.75 Å². The first-order valence-electron chi connectivity index (χ1n) is 6.68. The summed E-state index contributed by atoms with van der Waals surface area (Å²) in [6.45, 7) is 4.68. The van der Waals surface area contributed by atoms with E-state index >= 15 is 0 Å². The number of rotatable bonds is 8. The van der Waals surface area contributed by atoms with Gasteiger partial charge in [0.25, 0.3) is 0 Å². The molecule has 0 heterocycles. The third-order valence-electron chi connectivity index (χ3n) is 3.26. The molecule has 110 valence electrons. The molecule has 0 aliphatic rings. The van der Waals surface area contributed by atoms with E-state index in [2.05, 4.69) is 25.1 Å². The maximum Gasteiger partial charge on any atom is 0.148 e. The van der Waals surface area contributed by atoms with Crippen molar-refractivity contribution < 1.29 is 9.84 Å². The second-order valence-electron chi connectivity index (χ2n) is 4.70. The van der Waals surface area contributed by atoms with Crippen LogP contribution in [0.2, 0.25) is 0 Å². The summed E-state index contributed by atoms with van der Waals surface area (Å²) in [6, 6.07) is 8.36. The second kappa shape index (κ2) is 8.91. The van der Waals surface area contributed by atoms with Gasteiger partial charge in [0.2, 0.25) is 0 Å². The van der Waals surface area contributed by atoms with Gasteiger partial charge in [0.05, 0.1) is 6.61 Å². The molecule has 1 aromatic carbocycles. The number of thioether (sulfide) groups is 1. The molecule has 0 aliphatic carbocycles. The highest BCUT2D eigenvalue weighted by Gasteiger charge is 2.17. The molecule has 3 nitrogen and oxygen atoms in total. The molecule has 0 spiro atoms. The molecule has 0 aromatic heterocycles. The number of aliphatic hydroxyl groups excluding tert-OH is 1. The predicted molar refractivity (Wildman–Crippen MR) is 86.2 cm³/mol. The standard InChI is InChI=1S/C16H23NO2S/c1-5-10-19-15-8-6-14(7-9-15)12(2)17-13(3)16(11-18)20-4/h1,6-9,12-13,16-18H,10-11H2,2-4H3. The van der Waals surface area contributed by atoms with Gasteiger partial charge in [0, 0.05) is 17.3 Å². The normalized spacial score (nSPS) is 15.2. The lowest BCUT2D eigenvalue weighted by Crippen LogP contribution is -2.38. The van der Waals surface area contributed by atoms with Crippen LogP contribution in [-0.4, -0.2) is 35.9 Å². The number of aliphatic hydroxyl groups is 1. The highest BCUT2D eigenvalue weighted by molar-refractivity contribution is 7.99. The Morgan fingerprint density at radius 1 is 1.35 bits per heavy atom. The Kier molecular flexibility index (Phi) is 7.53. The molecular weight excluding hydrogens is 270 g/mol. The van der Waals surface area contributed by atoms with Crippen molar-refractivity contribution in [2.75, 3.05) is 19.5 Å². The molecular formula is C16H23NO2S. The average molecular weight is 293 g/mol. The number of hydrogen-bond donors (Lipinski definition) is 2. The van der Waals surface area contributed by atoms with Crippen LogP contribution >= 0.6 is 11.8 Å². The fourth-order valence-corrected chi connectivity index (χ4v) is 2.65. The van der Waals surface area contributed by atoms with E-state index in [1.54, 1.807) is 11.8 Å². The Bertz CT molecular complexity index is 423. The van der Waals surface area contributed by atoms with Crippen LogP contribution in [0.1, 0.15) is 25.5 Å². The van der Waals surface area contributed by atoms with Crippen LogP contribution in [0.25, 0.3) is 0 Å². The van der Waals surface area contributed by atoms with E-state index in [1.165, 1.54) is 5.56 Å². The van der Waals surface area contributed by atoms with Crippen LogP contribution < -0.4 is 10.1 Å². The van der Waals surface area contributed by atoms with Crippen LogP contribution in [0.5, 0.6) is 5.75 Å². The summed E-state index contributed by atoms with van der Waals surface area (Å²) in [7, 11) is 0. The minimum atomic E-state index is 0.181. The third-order valence-corrected chi connectivity index (χ3v) is 4.42. The van der Waals surface area contributed by atoms with E-state index in [1.807, 2.05) is 30.5 Å². The van der Waals surface area contributed by atoms with Gasteiger partial charge in [-0.15, -0.1) is 6.42 Å². The Morgan fingerprint density at radius 2 is 2.00 bits per heavy atom. The zero-order valence-corrected chi connectivity index (χ0v) is 13.1. The Balaban J connectivity index is 2.59. The van der Waals surface area contributed by atoms with Gasteiger partial charge in [0.1, 0.15) is 12.4 Å². The Labute approximate surface area is 126 Å². The van der Waals surface area contributed by atoms with E-state index in [-0.39, 0.29) is 30.5 Å². The molecule has 3 atom stereocenters. The molecule has 4 heteroatoms. The molecule has 20 heavy (non-hydrogen) atoms. The highest BCUT2D eigenvalue weighted by atomic mass is 32.2. The molecule has 0 bridgehead atoms. The van der Waals surface area contributed by atoms with Gasteiger partial charge in [-0.1, -0.05) is 18.1 Å². The molecule has 0 amide bonds. The molecule has 1 rings (SSSR count). The minimum absolute atomic E-state index is 0.181. The summed E-state index contributed by atoms with van der Waals surface area (Å²) >= 11 is 1.68. The summed E-state index contributed by atoms with van der Waals surface area (Å²) in [4.78, 5) is 0. The molecule has 0 saturated carbocycles. The molecule has 0 saturated heterocycles. The van der Waals surface area contributed by atoms with Gasteiger partial charge >= 0.3 is 0 Å². The maximum absolute atomic E-state index is 9.31. The summed E-state index contributed by atoms with van der Waals surface area (Å²) in [5.41, 5.74) is 1.18. The van der Waals surface area contributed by atoms with Gasteiger partial charge in [-0.3, -0.25) is 0 Å². The number of nitrogens with one attached hydrogen (secondary N) is 1. The van der Waals surface area contributed by atoms with E-state index in [4.69, 9.17) is 11.2 Å². The Morgan fingerprint density at radius 3 is 2.50 bits per heavy atom. The highest BCUT2D eigenvalue weighted by Crippen LogP contribution is 2.20. The van der Waals surface area contributed by atoms with Crippen molar-refractivity contribution in [1.29, 1.82) is 0 Å². The average Bonchev–Trinajstić information content (AvgIpc) is 2.46. The van der Waals surface area contributed by atoms with Crippen LogP contribution in [0.3, 0.4) is 0 Å². The van der Waals surface area contributed by atoms with Crippen molar-refractivity contribution in [3.63, 3.8) is 0 Å². The molecule has 0 radical (unpaired) electrons. The SMILES string of the molecule is C#CCOc1ccc(C(C)NC(C)C(CO)SC)cc1. The lowest BCUT2D eigenvalue weighted by atomic mass is 10.1. The first kappa shape index (κ1) is 16.9. The van der Waals surface area contributed by atoms with Crippen molar-refractivity contribution in [2.45, 2.75) is 31.2 Å². The van der Waals surface area contributed by atoms with Crippen molar-refractivity contribution >= 4 is 11.8 Å². The van der Waals surface area contributed by atoms with Crippen molar-refractivity contribution in [1.82, 2.24) is 5.32 Å². The predicted octanol–water partition coefficient (Wildman–Crippen LogP) is 2.46. The lowest BCUT2D eigenvalue weighted by molar-refractivity contribution is 0.272. The summed E-state index contributed by atoms with van der Waals surface area (Å²) < 4.78 is 5.35. The minimum Gasteiger partial charge on any atom is -0.481 e. The summed E-state index contributed by atoms with van der Waals surface area (Å²) in [5, 5.41) is 13.0. The Hall–Kier alpha value is -1.15. The van der Waals surface area contributed by atoms with Crippen molar-refractivity contribution in [3.05, 3.63) is 29.8 Å². The number of hydrogen-bond acceptors (Lipinski definition) is 4. The summed E-state index contributed by atoms with van der Waals surface area (Å²) in [5.74, 6) is 3.23. The smallest absolute Gasteiger partial charge is 0.148 e. The van der Waals surface area contributed by atoms with Crippen LogP contribution in [0.15, 0.2) is 24.3 Å². The number of ether oxygens (including phenoxy) is 1. The van der Waals surface area contributed by atoms with Crippen LogP contribution in [0.4, 0.5) is 0 Å². The molecule has 0 fully saturated rings. The topological polar surface area (TPSA) is 41.5 Å². The monoisotopic (exact) mass is 293 g/mol. The third kappa shape index (κ3) is 5.09. The van der Waals surface area contributed by atoms with E-state index in [0.29, 0.717) is 0 Å². The first-order chi connectivity index (χ1) is 9.62. The second-order valence-corrected chi connectivity index (χ2v) is 5.77. The fraction of sp³-hybridized carbons (Fsp3) is 0.500. The quantitative estimate of drug-likeness (QED) is 0.723. The zero-order chi connectivity index (χ0) is 15.0. The zero-order valence-electron chi connectivity index (χ0n) is 12.3. The van der Waals surface area contributed by atoms with Gasteiger partial charge in [-0.05, 0) is 37.8 Å². The number of terminal acetylenes is 1. The largest absolute Gasteiger partial charge is 0.481 e. The molecule has 0 aliphatic heterocycles. The molecule has 2 N–H and O–H groups in total. The van der Waals surface area contributed by atoms with Gasteiger partial charge in [-0.2, -0.15) is 11.8 Å². The van der Waals surface area contributed by atoms with E-state index < -0.39 is 0 Å².